The normalized spacial score (nSPS) is 19.5. The Morgan fingerprint density at radius 1 is 1.32 bits per heavy atom. The van der Waals surface area contributed by atoms with Gasteiger partial charge in [0.1, 0.15) is 6.04 Å². The molecule has 1 fully saturated rings. The maximum atomic E-state index is 11.9. The molecule has 0 saturated carbocycles. The Kier molecular flexibility index (Phi) is 5.44. The number of urea groups is 1. The second-order valence-corrected chi connectivity index (χ2v) is 4.49. The van der Waals surface area contributed by atoms with Crippen molar-refractivity contribution in [3.05, 3.63) is 0 Å². The van der Waals surface area contributed by atoms with E-state index in [2.05, 4.69) is 5.32 Å². The van der Waals surface area contributed by atoms with Crippen LogP contribution in [-0.2, 0) is 4.79 Å². The van der Waals surface area contributed by atoms with Crippen LogP contribution in [0.1, 0.15) is 32.1 Å². The van der Waals surface area contributed by atoms with E-state index in [1.54, 1.807) is 0 Å². The SMILES string of the molecule is O=C(O)[C@H]1CCCN1C(=O)NCCCCC(F)(F)F. The first-order valence-electron chi connectivity index (χ1n) is 6.15. The van der Waals surface area contributed by atoms with Gasteiger partial charge < -0.3 is 15.3 Å². The Hall–Kier alpha value is -1.47. The summed E-state index contributed by atoms with van der Waals surface area (Å²) < 4.78 is 35.6. The zero-order chi connectivity index (χ0) is 14.5. The zero-order valence-corrected chi connectivity index (χ0v) is 10.4. The second kappa shape index (κ2) is 6.63. The predicted octanol–water partition coefficient (Wildman–Crippen LogP) is 1.98. The van der Waals surface area contributed by atoms with Gasteiger partial charge in [0.2, 0.25) is 0 Å². The molecular weight excluding hydrogens is 265 g/mol. The molecule has 2 amide bonds. The van der Waals surface area contributed by atoms with E-state index in [0.717, 1.165) is 0 Å². The van der Waals surface area contributed by atoms with Gasteiger partial charge in [0.05, 0.1) is 0 Å². The first-order chi connectivity index (χ1) is 8.81. The van der Waals surface area contributed by atoms with E-state index in [4.69, 9.17) is 5.11 Å². The van der Waals surface area contributed by atoms with Crippen LogP contribution in [0.4, 0.5) is 18.0 Å². The molecule has 5 nitrogen and oxygen atoms in total. The van der Waals surface area contributed by atoms with Crippen molar-refractivity contribution in [2.45, 2.75) is 44.3 Å². The third-order valence-electron chi connectivity index (χ3n) is 2.96. The fourth-order valence-corrected chi connectivity index (χ4v) is 2.01. The Morgan fingerprint density at radius 2 is 2.00 bits per heavy atom. The molecule has 110 valence electrons. The highest BCUT2D eigenvalue weighted by atomic mass is 19.4. The summed E-state index contributed by atoms with van der Waals surface area (Å²) in [4.78, 5) is 23.7. The summed E-state index contributed by atoms with van der Waals surface area (Å²) in [6.45, 7) is 0.489. The van der Waals surface area contributed by atoms with Gasteiger partial charge in [0.25, 0.3) is 0 Å². The fraction of sp³-hybridized carbons (Fsp3) is 0.818. The van der Waals surface area contributed by atoms with Gasteiger partial charge in [0.15, 0.2) is 0 Å². The molecule has 1 aliphatic heterocycles. The number of aliphatic carboxylic acids is 1. The van der Waals surface area contributed by atoms with E-state index in [1.807, 2.05) is 0 Å². The minimum atomic E-state index is -4.17. The number of carboxylic acid groups (broad SMARTS) is 1. The van der Waals surface area contributed by atoms with E-state index in [9.17, 15) is 22.8 Å². The topological polar surface area (TPSA) is 69.6 Å². The molecule has 0 aliphatic carbocycles. The minimum absolute atomic E-state index is 0.0495. The summed E-state index contributed by atoms with van der Waals surface area (Å²) in [6, 6.07) is -1.34. The average Bonchev–Trinajstić information content (AvgIpc) is 2.75. The highest BCUT2D eigenvalue weighted by Crippen LogP contribution is 2.22. The Bertz CT molecular complexity index is 334. The van der Waals surface area contributed by atoms with Gasteiger partial charge in [0, 0.05) is 19.5 Å². The van der Waals surface area contributed by atoms with Crippen LogP contribution in [0.2, 0.25) is 0 Å². The molecule has 0 aromatic carbocycles. The van der Waals surface area contributed by atoms with E-state index in [0.29, 0.717) is 19.4 Å². The number of unbranched alkanes of at least 4 members (excludes halogenated alkanes) is 1. The predicted molar refractivity (Wildman–Crippen MR) is 60.7 cm³/mol. The summed E-state index contributed by atoms with van der Waals surface area (Å²) in [6.07, 6.45) is -3.84. The number of carbonyl (C=O) groups excluding carboxylic acids is 1. The van der Waals surface area contributed by atoms with Crippen LogP contribution in [-0.4, -0.2) is 47.3 Å². The van der Waals surface area contributed by atoms with Gasteiger partial charge in [-0.2, -0.15) is 13.2 Å². The van der Waals surface area contributed by atoms with Crippen LogP contribution in [0.25, 0.3) is 0 Å². The molecule has 8 heteroatoms. The number of rotatable bonds is 5. The molecule has 0 spiro atoms. The molecule has 0 aromatic rings. The molecule has 1 heterocycles. The summed E-state index contributed by atoms with van der Waals surface area (Å²) >= 11 is 0. The van der Waals surface area contributed by atoms with E-state index in [1.165, 1.54) is 4.90 Å². The van der Waals surface area contributed by atoms with Gasteiger partial charge in [-0.3, -0.25) is 0 Å². The molecule has 0 radical (unpaired) electrons. The van der Waals surface area contributed by atoms with Gasteiger partial charge in [-0.05, 0) is 25.7 Å². The number of hydrogen-bond acceptors (Lipinski definition) is 2. The fourth-order valence-electron chi connectivity index (χ4n) is 2.01. The van der Waals surface area contributed by atoms with Crippen molar-refractivity contribution >= 4 is 12.0 Å². The molecule has 2 N–H and O–H groups in total. The molecule has 0 bridgehead atoms. The minimum Gasteiger partial charge on any atom is -0.480 e. The molecule has 1 aliphatic rings. The number of halogens is 3. The van der Waals surface area contributed by atoms with Gasteiger partial charge >= 0.3 is 18.2 Å². The number of hydrogen-bond donors (Lipinski definition) is 2. The van der Waals surface area contributed by atoms with Gasteiger partial charge in [-0.25, -0.2) is 9.59 Å². The average molecular weight is 282 g/mol. The van der Waals surface area contributed by atoms with Crippen LogP contribution in [0, 0.1) is 0 Å². The summed E-state index contributed by atoms with van der Waals surface area (Å²) in [5.74, 6) is -1.05. The van der Waals surface area contributed by atoms with Crippen molar-refractivity contribution in [3.8, 4) is 0 Å². The number of likely N-dealkylation sites (tertiary alicyclic amines) is 1. The second-order valence-electron chi connectivity index (χ2n) is 4.49. The molecule has 1 saturated heterocycles. The van der Waals surface area contributed by atoms with Crippen molar-refractivity contribution in [2.24, 2.45) is 0 Å². The molecule has 0 aromatic heterocycles. The first-order valence-corrected chi connectivity index (χ1v) is 6.15. The number of carboxylic acids is 1. The standard InChI is InChI=1S/C11H17F3N2O3/c12-11(13,14)5-1-2-6-15-10(19)16-7-3-4-8(16)9(17)18/h8H,1-7H2,(H,15,19)(H,17,18)/t8-/m1/s1. The van der Waals surface area contributed by atoms with Gasteiger partial charge in [-0.1, -0.05) is 0 Å². The summed E-state index contributed by atoms with van der Waals surface area (Å²) in [7, 11) is 0. The molecule has 0 unspecified atom stereocenters. The van der Waals surface area contributed by atoms with Crippen LogP contribution < -0.4 is 5.32 Å². The lowest BCUT2D eigenvalue weighted by Crippen LogP contribution is -2.46. The van der Waals surface area contributed by atoms with Crippen LogP contribution >= 0.6 is 0 Å². The van der Waals surface area contributed by atoms with Crippen LogP contribution in [0.5, 0.6) is 0 Å². The lowest BCUT2D eigenvalue weighted by Gasteiger charge is -2.21. The highest BCUT2D eigenvalue weighted by Gasteiger charge is 2.33. The molecule has 19 heavy (non-hydrogen) atoms. The smallest absolute Gasteiger partial charge is 0.389 e. The van der Waals surface area contributed by atoms with Gasteiger partial charge in [-0.15, -0.1) is 0 Å². The van der Waals surface area contributed by atoms with E-state index < -0.39 is 30.6 Å². The number of amides is 2. The maximum Gasteiger partial charge on any atom is 0.389 e. The molecular formula is C11H17F3N2O3. The van der Waals surface area contributed by atoms with E-state index >= 15 is 0 Å². The first kappa shape index (κ1) is 15.6. The van der Waals surface area contributed by atoms with Crippen molar-refractivity contribution in [3.63, 3.8) is 0 Å². The molecule has 1 rings (SSSR count). The van der Waals surface area contributed by atoms with Crippen molar-refractivity contribution in [1.82, 2.24) is 10.2 Å². The monoisotopic (exact) mass is 282 g/mol. The van der Waals surface area contributed by atoms with Crippen LogP contribution in [0.15, 0.2) is 0 Å². The number of carbonyl (C=O) groups is 2. The lowest BCUT2D eigenvalue weighted by molar-refractivity contribution is -0.141. The lowest BCUT2D eigenvalue weighted by atomic mass is 10.2. The number of nitrogens with zero attached hydrogens (tertiary/aromatic N) is 1. The highest BCUT2D eigenvalue weighted by molar-refractivity contribution is 5.83. The van der Waals surface area contributed by atoms with Crippen LogP contribution in [0.3, 0.4) is 0 Å². The quantitative estimate of drug-likeness (QED) is 0.757. The number of nitrogens with one attached hydrogen (secondary N) is 1. The zero-order valence-electron chi connectivity index (χ0n) is 10.4. The summed E-state index contributed by atoms with van der Waals surface area (Å²) in [5, 5.41) is 11.3. The summed E-state index contributed by atoms with van der Waals surface area (Å²) in [5.41, 5.74) is 0. The maximum absolute atomic E-state index is 11.9. The van der Waals surface area contributed by atoms with Crippen molar-refractivity contribution in [2.75, 3.05) is 13.1 Å². The Balaban J connectivity index is 2.22. The number of alkyl halides is 3. The van der Waals surface area contributed by atoms with Crippen molar-refractivity contribution in [1.29, 1.82) is 0 Å². The van der Waals surface area contributed by atoms with Crippen molar-refractivity contribution < 1.29 is 27.9 Å². The Morgan fingerprint density at radius 3 is 2.58 bits per heavy atom. The third kappa shape index (κ3) is 5.35. The Labute approximate surface area is 108 Å². The van der Waals surface area contributed by atoms with E-state index in [-0.39, 0.29) is 19.4 Å². The third-order valence-corrected chi connectivity index (χ3v) is 2.96. The largest absolute Gasteiger partial charge is 0.480 e. The molecule has 1 atom stereocenters.